The lowest BCUT2D eigenvalue weighted by molar-refractivity contribution is -0.143. The maximum absolute atomic E-state index is 11.6. The molecule has 104 valence electrons. The number of carbonyl (C=O) groups excluding carboxylic acids is 2. The standard InChI is InChI=1S/C13H17BrN2O3/c1-2-19-13(18)7-8-15-9-12(17)16-11-6-4-3-5-10(11)14/h3-6,15H,2,7-9H2,1H3,(H,16,17). The average Bonchev–Trinajstić information content (AvgIpc) is 2.38. The highest BCUT2D eigenvalue weighted by Gasteiger charge is 2.05. The first kappa shape index (κ1) is 15.7. The quantitative estimate of drug-likeness (QED) is 0.593. The number of benzene rings is 1. The van der Waals surface area contributed by atoms with E-state index in [0.29, 0.717) is 13.2 Å². The van der Waals surface area contributed by atoms with E-state index in [1.165, 1.54) is 0 Å². The van der Waals surface area contributed by atoms with E-state index in [1.54, 1.807) is 13.0 Å². The molecule has 0 unspecified atom stereocenters. The fourth-order valence-electron chi connectivity index (χ4n) is 1.38. The Morgan fingerprint density at radius 3 is 2.74 bits per heavy atom. The second-order valence-corrected chi connectivity index (χ2v) is 4.61. The van der Waals surface area contributed by atoms with Crippen LogP contribution < -0.4 is 10.6 Å². The lowest BCUT2D eigenvalue weighted by Gasteiger charge is -2.08. The molecular formula is C13H17BrN2O3. The van der Waals surface area contributed by atoms with Crippen molar-refractivity contribution in [3.8, 4) is 0 Å². The van der Waals surface area contributed by atoms with Crippen LogP contribution in [0, 0.1) is 0 Å². The Bertz CT molecular complexity index is 438. The summed E-state index contributed by atoms with van der Waals surface area (Å²) in [5.74, 6) is -0.419. The third-order valence-corrected chi connectivity index (χ3v) is 2.94. The Morgan fingerprint density at radius 2 is 2.05 bits per heavy atom. The van der Waals surface area contributed by atoms with Crippen LogP contribution in [0.1, 0.15) is 13.3 Å². The molecule has 0 radical (unpaired) electrons. The number of rotatable bonds is 7. The van der Waals surface area contributed by atoms with Crippen molar-refractivity contribution >= 4 is 33.5 Å². The van der Waals surface area contributed by atoms with E-state index in [2.05, 4.69) is 26.6 Å². The molecule has 5 nitrogen and oxygen atoms in total. The molecule has 0 spiro atoms. The largest absolute Gasteiger partial charge is 0.466 e. The minimum absolute atomic E-state index is 0.154. The van der Waals surface area contributed by atoms with Gasteiger partial charge in [0.05, 0.1) is 25.3 Å². The molecule has 1 rings (SSSR count). The third kappa shape index (κ3) is 6.35. The predicted molar refractivity (Wildman–Crippen MR) is 76.9 cm³/mol. The fraction of sp³-hybridized carbons (Fsp3) is 0.385. The van der Waals surface area contributed by atoms with Crippen molar-refractivity contribution in [1.82, 2.24) is 5.32 Å². The van der Waals surface area contributed by atoms with Crippen LogP contribution >= 0.6 is 15.9 Å². The van der Waals surface area contributed by atoms with Gasteiger partial charge in [0, 0.05) is 11.0 Å². The predicted octanol–water partition coefficient (Wildman–Crippen LogP) is 1.93. The summed E-state index contributed by atoms with van der Waals surface area (Å²) < 4.78 is 5.60. The lowest BCUT2D eigenvalue weighted by Crippen LogP contribution is -2.30. The van der Waals surface area contributed by atoms with E-state index < -0.39 is 0 Å². The van der Waals surface area contributed by atoms with E-state index >= 15 is 0 Å². The summed E-state index contributed by atoms with van der Waals surface area (Å²) in [6.45, 7) is 2.71. The SMILES string of the molecule is CCOC(=O)CCNCC(=O)Nc1ccccc1Br. The van der Waals surface area contributed by atoms with Crippen molar-refractivity contribution in [3.05, 3.63) is 28.7 Å². The van der Waals surface area contributed by atoms with Gasteiger partial charge in [0.15, 0.2) is 0 Å². The molecule has 0 aromatic heterocycles. The zero-order chi connectivity index (χ0) is 14.1. The van der Waals surface area contributed by atoms with Crippen molar-refractivity contribution in [2.24, 2.45) is 0 Å². The summed E-state index contributed by atoms with van der Waals surface area (Å²) in [5.41, 5.74) is 0.722. The first-order chi connectivity index (χ1) is 9.13. The number of anilines is 1. The summed E-state index contributed by atoms with van der Waals surface area (Å²) in [6, 6.07) is 7.37. The molecule has 0 saturated carbocycles. The number of esters is 1. The second kappa shape index (κ2) is 8.66. The van der Waals surface area contributed by atoms with Crippen molar-refractivity contribution in [1.29, 1.82) is 0 Å². The normalized spacial score (nSPS) is 10.0. The van der Waals surface area contributed by atoms with Gasteiger partial charge in [0.25, 0.3) is 0 Å². The number of carbonyl (C=O) groups is 2. The topological polar surface area (TPSA) is 67.4 Å². The molecule has 1 aromatic rings. The molecule has 0 heterocycles. The molecule has 0 aliphatic rings. The molecule has 2 N–H and O–H groups in total. The molecule has 0 aliphatic carbocycles. The van der Waals surface area contributed by atoms with Gasteiger partial charge in [-0.2, -0.15) is 0 Å². The van der Waals surface area contributed by atoms with Gasteiger partial charge in [0.2, 0.25) is 5.91 Å². The van der Waals surface area contributed by atoms with Crippen molar-refractivity contribution in [3.63, 3.8) is 0 Å². The summed E-state index contributed by atoms with van der Waals surface area (Å²) in [5, 5.41) is 5.65. The van der Waals surface area contributed by atoms with Gasteiger partial charge in [-0.05, 0) is 35.0 Å². The monoisotopic (exact) mass is 328 g/mol. The van der Waals surface area contributed by atoms with E-state index in [9.17, 15) is 9.59 Å². The fourth-order valence-corrected chi connectivity index (χ4v) is 1.77. The van der Waals surface area contributed by atoms with E-state index in [0.717, 1.165) is 10.2 Å². The maximum Gasteiger partial charge on any atom is 0.307 e. The zero-order valence-corrected chi connectivity index (χ0v) is 12.3. The van der Waals surface area contributed by atoms with Gasteiger partial charge in [-0.25, -0.2) is 0 Å². The van der Waals surface area contributed by atoms with E-state index in [4.69, 9.17) is 4.74 Å². The van der Waals surface area contributed by atoms with Gasteiger partial charge < -0.3 is 15.4 Å². The Labute approximate surface area is 120 Å². The van der Waals surface area contributed by atoms with Crippen molar-refractivity contribution in [2.45, 2.75) is 13.3 Å². The molecule has 1 aromatic carbocycles. The number of hydrogen-bond donors (Lipinski definition) is 2. The molecule has 6 heteroatoms. The van der Waals surface area contributed by atoms with Gasteiger partial charge in [-0.15, -0.1) is 0 Å². The van der Waals surface area contributed by atoms with Crippen LogP contribution in [-0.4, -0.2) is 31.6 Å². The first-order valence-electron chi connectivity index (χ1n) is 6.04. The highest BCUT2D eigenvalue weighted by Crippen LogP contribution is 2.20. The first-order valence-corrected chi connectivity index (χ1v) is 6.83. The lowest BCUT2D eigenvalue weighted by atomic mass is 10.3. The van der Waals surface area contributed by atoms with E-state index in [-0.39, 0.29) is 24.8 Å². The molecule has 1 amide bonds. The summed E-state index contributed by atoms with van der Waals surface area (Å²) >= 11 is 3.35. The van der Waals surface area contributed by atoms with E-state index in [1.807, 2.05) is 18.2 Å². The van der Waals surface area contributed by atoms with Gasteiger partial charge in [0.1, 0.15) is 0 Å². The van der Waals surface area contributed by atoms with Crippen LogP contribution in [0.5, 0.6) is 0 Å². The number of amides is 1. The highest BCUT2D eigenvalue weighted by atomic mass is 79.9. The minimum atomic E-state index is -0.263. The minimum Gasteiger partial charge on any atom is -0.466 e. The maximum atomic E-state index is 11.6. The summed E-state index contributed by atoms with van der Waals surface area (Å²) in [7, 11) is 0. The Hall–Kier alpha value is -1.40. The Kier molecular flexibility index (Phi) is 7.14. The molecule has 0 fully saturated rings. The van der Waals surface area contributed by atoms with Crippen LogP contribution in [0.25, 0.3) is 0 Å². The van der Waals surface area contributed by atoms with Crippen LogP contribution in [0.2, 0.25) is 0 Å². The van der Waals surface area contributed by atoms with Crippen LogP contribution in [-0.2, 0) is 14.3 Å². The Balaban J connectivity index is 2.22. The van der Waals surface area contributed by atoms with Crippen LogP contribution in [0.4, 0.5) is 5.69 Å². The van der Waals surface area contributed by atoms with Crippen LogP contribution in [0.3, 0.4) is 0 Å². The number of halogens is 1. The number of hydrogen-bond acceptors (Lipinski definition) is 4. The smallest absolute Gasteiger partial charge is 0.307 e. The molecule has 0 saturated heterocycles. The van der Waals surface area contributed by atoms with Crippen molar-refractivity contribution in [2.75, 3.05) is 25.0 Å². The molecule has 0 bridgehead atoms. The Morgan fingerprint density at radius 1 is 1.32 bits per heavy atom. The highest BCUT2D eigenvalue weighted by molar-refractivity contribution is 9.10. The third-order valence-electron chi connectivity index (χ3n) is 2.24. The van der Waals surface area contributed by atoms with Gasteiger partial charge in [-0.1, -0.05) is 12.1 Å². The number of ether oxygens (including phenoxy) is 1. The summed E-state index contributed by atoms with van der Waals surface area (Å²) in [4.78, 5) is 22.7. The van der Waals surface area contributed by atoms with Crippen LogP contribution in [0.15, 0.2) is 28.7 Å². The molecule has 0 aliphatic heterocycles. The molecular weight excluding hydrogens is 312 g/mol. The number of para-hydroxylation sites is 1. The van der Waals surface area contributed by atoms with Crippen molar-refractivity contribution < 1.29 is 14.3 Å². The molecule has 0 atom stereocenters. The number of nitrogens with one attached hydrogen (secondary N) is 2. The average molecular weight is 329 g/mol. The van der Waals surface area contributed by atoms with Gasteiger partial charge >= 0.3 is 5.97 Å². The molecule has 19 heavy (non-hydrogen) atoms. The van der Waals surface area contributed by atoms with Gasteiger partial charge in [-0.3, -0.25) is 9.59 Å². The second-order valence-electron chi connectivity index (χ2n) is 3.76. The zero-order valence-electron chi connectivity index (χ0n) is 10.7. The summed E-state index contributed by atoms with van der Waals surface area (Å²) in [6.07, 6.45) is 0.260.